The normalized spacial score (nSPS) is 13.3. The van der Waals surface area contributed by atoms with Crippen LogP contribution in [0.25, 0.3) is 10.1 Å². The maximum absolute atomic E-state index is 13.1. The van der Waals surface area contributed by atoms with Gasteiger partial charge in [0, 0.05) is 21.2 Å². The lowest BCUT2D eigenvalue weighted by atomic mass is 9.99. The smallest absolute Gasteiger partial charge is 0.416 e. The highest BCUT2D eigenvalue weighted by Gasteiger charge is 2.31. The summed E-state index contributed by atoms with van der Waals surface area (Å²) in [4.78, 5) is 11.8. The Labute approximate surface area is 197 Å². The van der Waals surface area contributed by atoms with Crippen molar-refractivity contribution in [3.63, 3.8) is 0 Å². The zero-order valence-electron chi connectivity index (χ0n) is 18.5. The Hall–Kier alpha value is -3.27. The Balaban J connectivity index is 1.84. The third-order valence-electron chi connectivity index (χ3n) is 5.35. The molecule has 34 heavy (non-hydrogen) atoms. The lowest BCUT2D eigenvalue weighted by Crippen LogP contribution is -2.22. The highest BCUT2D eigenvalue weighted by atomic mass is 32.1. The minimum atomic E-state index is -4.42. The number of oxime groups is 1. The number of aromatic hydroxyl groups is 1. The summed E-state index contributed by atoms with van der Waals surface area (Å²) >= 11 is 1.28. The molecule has 1 aromatic heterocycles. The van der Waals surface area contributed by atoms with Gasteiger partial charge in [-0.05, 0) is 61.4 Å². The predicted molar refractivity (Wildman–Crippen MR) is 123 cm³/mol. The van der Waals surface area contributed by atoms with Crippen molar-refractivity contribution in [2.75, 3.05) is 0 Å². The molecule has 10 heteroatoms. The van der Waals surface area contributed by atoms with Gasteiger partial charge in [0.05, 0.1) is 11.3 Å². The van der Waals surface area contributed by atoms with E-state index < -0.39 is 23.8 Å². The molecule has 1 unspecified atom stereocenters. The van der Waals surface area contributed by atoms with Crippen LogP contribution in [-0.2, 0) is 23.8 Å². The van der Waals surface area contributed by atoms with E-state index in [0.717, 1.165) is 34.4 Å². The number of ether oxygens (including phenoxy) is 1. The van der Waals surface area contributed by atoms with Gasteiger partial charge in [0.15, 0.2) is 6.10 Å². The highest BCUT2D eigenvalue weighted by Crippen LogP contribution is 2.38. The number of alkyl halides is 3. The first-order chi connectivity index (χ1) is 16.0. The van der Waals surface area contributed by atoms with Crippen LogP contribution in [0.1, 0.15) is 48.3 Å². The minimum absolute atomic E-state index is 0.142. The molecule has 0 bridgehead atoms. The second kappa shape index (κ2) is 10.3. The van der Waals surface area contributed by atoms with Crippen LogP contribution in [0, 0.1) is 0 Å². The predicted octanol–water partition coefficient (Wildman–Crippen LogP) is 6.24. The van der Waals surface area contributed by atoms with Crippen LogP contribution in [0.3, 0.4) is 0 Å². The summed E-state index contributed by atoms with van der Waals surface area (Å²) in [5, 5.41) is 33.0. The number of aliphatic carboxylic acids is 1. The Morgan fingerprint density at radius 2 is 1.91 bits per heavy atom. The van der Waals surface area contributed by atoms with Crippen LogP contribution >= 0.6 is 11.3 Å². The summed E-state index contributed by atoms with van der Waals surface area (Å²) in [6, 6.07) is 7.91. The minimum Gasteiger partial charge on any atom is -0.507 e. The SMILES string of the molecule is CCCc1c(CCC(=NO)c2ccc(OC(C)C(=O)O)cc2O)sc2cc(C(F)(F)F)ccc12. The number of thiophene rings is 1. The number of phenols is 1. The molecule has 1 atom stereocenters. The van der Waals surface area contributed by atoms with E-state index in [1.165, 1.54) is 42.5 Å². The number of carbonyl (C=O) groups is 1. The first-order valence-electron chi connectivity index (χ1n) is 10.6. The Morgan fingerprint density at radius 3 is 2.50 bits per heavy atom. The molecule has 0 saturated heterocycles. The van der Waals surface area contributed by atoms with Gasteiger partial charge < -0.3 is 20.2 Å². The standard InChI is InChI=1S/C24H24F3NO5S/c1-3-4-16-17-7-5-14(24(25,26)27)11-22(17)34-21(16)10-9-19(28-32)18-8-6-15(12-20(18)29)33-13(2)23(30)31/h5-8,11-13,29,32H,3-4,9-10H2,1-2H3,(H,30,31). The fraction of sp³-hybridized carbons (Fsp3) is 0.333. The van der Waals surface area contributed by atoms with Gasteiger partial charge in [-0.15, -0.1) is 11.3 Å². The van der Waals surface area contributed by atoms with E-state index in [-0.39, 0.29) is 29.2 Å². The summed E-state index contributed by atoms with van der Waals surface area (Å²) in [5.74, 6) is -1.26. The average molecular weight is 496 g/mol. The summed E-state index contributed by atoms with van der Waals surface area (Å²) < 4.78 is 45.2. The molecule has 0 spiro atoms. The van der Waals surface area contributed by atoms with Gasteiger partial charge >= 0.3 is 12.1 Å². The van der Waals surface area contributed by atoms with Crippen LogP contribution in [-0.4, -0.2) is 33.2 Å². The zero-order valence-corrected chi connectivity index (χ0v) is 19.3. The van der Waals surface area contributed by atoms with Gasteiger partial charge in [0.2, 0.25) is 0 Å². The van der Waals surface area contributed by atoms with Crippen LogP contribution in [0.2, 0.25) is 0 Å². The van der Waals surface area contributed by atoms with E-state index >= 15 is 0 Å². The maximum atomic E-state index is 13.1. The molecule has 0 aliphatic heterocycles. The molecule has 182 valence electrons. The fourth-order valence-corrected chi connectivity index (χ4v) is 4.95. The van der Waals surface area contributed by atoms with Gasteiger partial charge in [0.25, 0.3) is 0 Å². The number of hydrogen-bond acceptors (Lipinski definition) is 6. The van der Waals surface area contributed by atoms with Crippen molar-refractivity contribution in [2.45, 2.75) is 51.8 Å². The first kappa shape index (κ1) is 25.4. The molecule has 3 rings (SSSR count). The molecule has 0 saturated carbocycles. The third kappa shape index (κ3) is 5.61. The molecular weight excluding hydrogens is 471 g/mol. The quantitative estimate of drug-likeness (QED) is 0.185. The number of carboxylic acids is 1. The van der Waals surface area contributed by atoms with Crippen molar-refractivity contribution >= 4 is 33.1 Å². The lowest BCUT2D eigenvalue weighted by Gasteiger charge is -2.13. The van der Waals surface area contributed by atoms with Crippen LogP contribution in [0.4, 0.5) is 13.2 Å². The van der Waals surface area contributed by atoms with E-state index in [0.29, 0.717) is 17.5 Å². The van der Waals surface area contributed by atoms with Gasteiger partial charge in [-0.1, -0.05) is 24.6 Å². The van der Waals surface area contributed by atoms with Gasteiger partial charge in [-0.3, -0.25) is 0 Å². The second-order valence-corrected chi connectivity index (χ2v) is 8.92. The molecule has 0 aliphatic rings. The number of fused-ring (bicyclic) bond motifs is 1. The lowest BCUT2D eigenvalue weighted by molar-refractivity contribution is -0.144. The fourth-order valence-electron chi connectivity index (χ4n) is 3.66. The summed E-state index contributed by atoms with van der Waals surface area (Å²) in [6.07, 6.45) is -3.38. The molecule has 1 heterocycles. The number of carboxylic acid groups (broad SMARTS) is 1. The number of benzene rings is 2. The Morgan fingerprint density at radius 1 is 1.18 bits per heavy atom. The topological polar surface area (TPSA) is 99.4 Å². The van der Waals surface area contributed by atoms with Crippen molar-refractivity contribution in [1.82, 2.24) is 0 Å². The number of halogens is 3. The van der Waals surface area contributed by atoms with E-state index in [1.807, 2.05) is 6.92 Å². The van der Waals surface area contributed by atoms with Crippen LogP contribution < -0.4 is 4.74 Å². The van der Waals surface area contributed by atoms with E-state index in [2.05, 4.69) is 5.16 Å². The number of rotatable bonds is 9. The van der Waals surface area contributed by atoms with E-state index in [4.69, 9.17) is 9.84 Å². The van der Waals surface area contributed by atoms with Crippen molar-refractivity contribution in [3.05, 3.63) is 58.0 Å². The molecule has 0 fully saturated rings. The molecule has 0 radical (unpaired) electrons. The van der Waals surface area contributed by atoms with Gasteiger partial charge in [-0.2, -0.15) is 13.2 Å². The van der Waals surface area contributed by atoms with Gasteiger partial charge in [0.1, 0.15) is 11.5 Å². The number of hydrogen-bond donors (Lipinski definition) is 3. The summed E-state index contributed by atoms with van der Waals surface area (Å²) in [7, 11) is 0. The third-order valence-corrected chi connectivity index (χ3v) is 6.61. The number of nitrogens with zero attached hydrogens (tertiary/aromatic N) is 1. The molecule has 6 nitrogen and oxygen atoms in total. The first-order valence-corrected chi connectivity index (χ1v) is 11.4. The zero-order chi connectivity index (χ0) is 25.0. The molecular formula is C24H24F3NO5S. The van der Waals surface area contributed by atoms with Crippen molar-refractivity contribution in [3.8, 4) is 11.5 Å². The molecule has 0 amide bonds. The van der Waals surface area contributed by atoms with Crippen molar-refractivity contribution in [1.29, 1.82) is 0 Å². The molecule has 0 aliphatic carbocycles. The van der Waals surface area contributed by atoms with E-state index in [9.17, 15) is 28.3 Å². The van der Waals surface area contributed by atoms with Crippen molar-refractivity contribution < 1.29 is 38.1 Å². The maximum Gasteiger partial charge on any atom is 0.416 e. The van der Waals surface area contributed by atoms with Crippen LogP contribution in [0.15, 0.2) is 41.6 Å². The molecule has 2 aromatic carbocycles. The second-order valence-electron chi connectivity index (χ2n) is 7.79. The Bertz CT molecular complexity index is 1220. The summed E-state index contributed by atoms with van der Waals surface area (Å²) in [6.45, 7) is 3.34. The molecule has 3 aromatic rings. The average Bonchev–Trinajstić information content (AvgIpc) is 3.11. The number of phenolic OH excluding ortho intramolecular Hbond substituents is 1. The molecule has 3 N–H and O–H groups in total. The highest BCUT2D eigenvalue weighted by molar-refractivity contribution is 7.19. The monoisotopic (exact) mass is 495 g/mol. The van der Waals surface area contributed by atoms with E-state index in [1.54, 1.807) is 0 Å². The van der Waals surface area contributed by atoms with Crippen LogP contribution in [0.5, 0.6) is 11.5 Å². The summed E-state index contributed by atoms with van der Waals surface area (Å²) in [5.41, 5.74) is 0.712. The Kier molecular flexibility index (Phi) is 7.71. The van der Waals surface area contributed by atoms with Gasteiger partial charge in [-0.25, -0.2) is 4.79 Å². The number of aryl methyl sites for hydroxylation is 2. The largest absolute Gasteiger partial charge is 0.507 e. The van der Waals surface area contributed by atoms with Crippen molar-refractivity contribution in [2.24, 2.45) is 5.16 Å².